The molecule has 0 amide bonds. The van der Waals surface area contributed by atoms with Crippen molar-refractivity contribution in [2.75, 3.05) is 40.5 Å². The Labute approximate surface area is 145 Å². The third kappa shape index (κ3) is 6.35. The molecule has 24 heavy (non-hydrogen) atoms. The first-order chi connectivity index (χ1) is 11.7. The van der Waals surface area contributed by atoms with Gasteiger partial charge in [0.2, 0.25) is 5.88 Å². The van der Waals surface area contributed by atoms with Crippen LogP contribution in [-0.2, 0) is 11.3 Å². The molecule has 1 aliphatic rings. The molecule has 1 fully saturated rings. The fraction of sp³-hybridized carbons (Fsp3) is 0.667. The zero-order chi connectivity index (χ0) is 17.2. The average molecular weight is 334 g/mol. The van der Waals surface area contributed by atoms with E-state index in [9.17, 15) is 0 Å². The van der Waals surface area contributed by atoms with Crippen LogP contribution in [0.15, 0.2) is 23.3 Å². The Morgan fingerprint density at radius 3 is 2.96 bits per heavy atom. The Morgan fingerprint density at radius 2 is 2.25 bits per heavy atom. The zero-order valence-electron chi connectivity index (χ0n) is 15.1. The number of pyridine rings is 1. The summed E-state index contributed by atoms with van der Waals surface area (Å²) in [7, 11) is 3.81. The molecule has 2 rings (SSSR count). The summed E-state index contributed by atoms with van der Waals surface area (Å²) in [6.07, 6.45) is 5.38. The maximum absolute atomic E-state index is 5.70. The summed E-state index contributed by atoms with van der Waals surface area (Å²) < 4.78 is 11.4. The minimum Gasteiger partial charge on any atom is -0.477 e. The number of aliphatic imine (C=N–C) groups is 1. The van der Waals surface area contributed by atoms with Gasteiger partial charge in [-0.1, -0.05) is 13.0 Å². The molecule has 0 atom stereocenters. The lowest BCUT2D eigenvalue weighted by Crippen LogP contribution is -2.40. The van der Waals surface area contributed by atoms with E-state index in [4.69, 9.17) is 9.47 Å². The van der Waals surface area contributed by atoms with Crippen molar-refractivity contribution in [1.29, 1.82) is 0 Å². The van der Waals surface area contributed by atoms with Gasteiger partial charge in [-0.15, -0.1) is 0 Å². The smallest absolute Gasteiger partial charge is 0.218 e. The highest BCUT2D eigenvalue weighted by atomic mass is 16.5. The maximum Gasteiger partial charge on any atom is 0.218 e. The highest BCUT2D eigenvalue weighted by Gasteiger charge is 2.21. The Hall–Kier alpha value is -1.82. The lowest BCUT2D eigenvalue weighted by atomic mass is 10.2. The first-order valence-corrected chi connectivity index (χ1v) is 8.80. The van der Waals surface area contributed by atoms with Gasteiger partial charge in [0.25, 0.3) is 0 Å². The number of ether oxygens (including phenoxy) is 2. The molecular weight excluding hydrogens is 304 g/mol. The SMILES string of the molecule is CCCOc1ncccc1CNC(=NC)N(C)CCOCC1CC1. The van der Waals surface area contributed by atoms with E-state index in [0.29, 0.717) is 19.0 Å². The van der Waals surface area contributed by atoms with Crippen LogP contribution in [0.2, 0.25) is 0 Å². The van der Waals surface area contributed by atoms with Crippen LogP contribution in [0.1, 0.15) is 31.7 Å². The quantitative estimate of drug-likeness (QED) is 0.404. The van der Waals surface area contributed by atoms with Gasteiger partial charge in [0.1, 0.15) is 0 Å². The monoisotopic (exact) mass is 334 g/mol. The molecule has 1 heterocycles. The number of hydrogen-bond donors (Lipinski definition) is 1. The van der Waals surface area contributed by atoms with Gasteiger partial charge in [0, 0.05) is 45.6 Å². The van der Waals surface area contributed by atoms with Crippen LogP contribution in [0.25, 0.3) is 0 Å². The zero-order valence-corrected chi connectivity index (χ0v) is 15.1. The summed E-state index contributed by atoms with van der Waals surface area (Å²) in [5.74, 6) is 2.34. The molecule has 0 aromatic carbocycles. The third-order valence-corrected chi connectivity index (χ3v) is 3.92. The topological polar surface area (TPSA) is 59.0 Å². The van der Waals surface area contributed by atoms with Crippen LogP contribution in [0.3, 0.4) is 0 Å². The number of hydrogen-bond acceptors (Lipinski definition) is 4. The van der Waals surface area contributed by atoms with E-state index >= 15 is 0 Å². The van der Waals surface area contributed by atoms with E-state index < -0.39 is 0 Å². The molecule has 0 unspecified atom stereocenters. The fourth-order valence-corrected chi connectivity index (χ4v) is 2.29. The summed E-state index contributed by atoms with van der Waals surface area (Å²) in [4.78, 5) is 10.7. The molecule has 1 aromatic heterocycles. The summed E-state index contributed by atoms with van der Waals surface area (Å²) >= 11 is 0. The van der Waals surface area contributed by atoms with Crippen LogP contribution >= 0.6 is 0 Å². The molecule has 6 heteroatoms. The minimum atomic E-state index is 0.632. The van der Waals surface area contributed by atoms with Gasteiger partial charge in [-0.2, -0.15) is 0 Å². The van der Waals surface area contributed by atoms with Gasteiger partial charge >= 0.3 is 0 Å². The van der Waals surface area contributed by atoms with Gasteiger partial charge in [-0.05, 0) is 31.2 Å². The van der Waals surface area contributed by atoms with Gasteiger partial charge in [-0.25, -0.2) is 4.98 Å². The molecule has 134 valence electrons. The second-order valence-corrected chi connectivity index (χ2v) is 6.16. The minimum absolute atomic E-state index is 0.632. The lowest BCUT2D eigenvalue weighted by molar-refractivity contribution is 0.115. The van der Waals surface area contributed by atoms with E-state index in [1.54, 1.807) is 13.2 Å². The predicted octanol–water partition coefficient (Wildman–Crippen LogP) is 2.30. The second kappa shape index (κ2) is 10.1. The van der Waals surface area contributed by atoms with Crippen molar-refractivity contribution in [1.82, 2.24) is 15.2 Å². The van der Waals surface area contributed by atoms with Crippen LogP contribution in [0, 0.1) is 5.92 Å². The van der Waals surface area contributed by atoms with Crippen molar-refractivity contribution in [2.45, 2.75) is 32.7 Å². The van der Waals surface area contributed by atoms with Crippen molar-refractivity contribution in [3.63, 3.8) is 0 Å². The van der Waals surface area contributed by atoms with Gasteiger partial charge < -0.3 is 19.7 Å². The molecule has 6 nitrogen and oxygen atoms in total. The van der Waals surface area contributed by atoms with Gasteiger partial charge in [-0.3, -0.25) is 4.99 Å². The molecule has 1 aromatic rings. The van der Waals surface area contributed by atoms with Crippen molar-refractivity contribution in [3.8, 4) is 5.88 Å². The molecule has 1 saturated carbocycles. The summed E-state index contributed by atoms with van der Waals surface area (Å²) in [5, 5.41) is 3.36. The van der Waals surface area contributed by atoms with Crippen molar-refractivity contribution < 1.29 is 9.47 Å². The van der Waals surface area contributed by atoms with Crippen molar-refractivity contribution in [2.24, 2.45) is 10.9 Å². The highest BCUT2D eigenvalue weighted by molar-refractivity contribution is 5.79. The van der Waals surface area contributed by atoms with E-state index in [1.165, 1.54) is 12.8 Å². The first-order valence-electron chi connectivity index (χ1n) is 8.80. The summed E-state index contributed by atoms with van der Waals surface area (Å²) in [5.41, 5.74) is 1.03. The average Bonchev–Trinajstić information content (AvgIpc) is 3.42. The van der Waals surface area contributed by atoms with Crippen LogP contribution in [-0.4, -0.2) is 56.3 Å². The molecule has 0 radical (unpaired) electrons. The highest BCUT2D eigenvalue weighted by Crippen LogP contribution is 2.28. The molecule has 0 bridgehead atoms. The number of guanidine groups is 1. The molecule has 1 N–H and O–H groups in total. The number of likely N-dealkylation sites (N-methyl/N-ethyl adjacent to an activating group) is 1. The molecule has 1 aliphatic carbocycles. The third-order valence-electron chi connectivity index (χ3n) is 3.92. The number of rotatable bonds is 10. The maximum atomic E-state index is 5.70. The fourth-order valence-electron chi connectivity index (χ4n) is 2.29. The predicted molar refractivity (Wildman–Crippen MR) is 96.4 cm³/mol. The Bertz CT molecular complexity index is 517. The number of nitrogens with zero attached hydrogens (tertiary/aromatic N) is 3. The molecular formula is C18H30N4O2. The van der Waals surface area contributed by atoms with Crippen molar-refractivity contribution >= 4 is 5.96 Å². The molecule has 0 saturated heterocycles. The second-order valence-electron chi connectivity index (χ2n) is 6.16. The largest absolute Gasteiger partial charge is 0.477 e. The number of aromatic nitrogens is 1. The van der Waals surface area contributed by atoms with Crippen LogP contribution in [0.5, 0.6) is 5.88 Å². The van der Waals surface area contributed by atoms with E-state index in [-0.39, 0.29) is 0 Å². The Kier molecular flexibility index (Phi) is 7.82. The normalized spacial score (nSPS) is 14.5. The molecule has 0 aliphatic heterocycles. The lowest BCUT2D eigenvalue weighted by Gasteiger charge is -2.22. The Balaban J connectivity index is 1.77. The number of nitrogens with one attached hydrogen (secondary N) is 1. The van der Waals surface area contributed by atoms with E-state index in [2.05, 4.69) is 27.1 Å². The van der Waals surface area contributed by atoms with Crippen LogP contribution in [0.4, 0.5) is 0 Å². The van der Waals surface area contributed by atoms with Crippen molar-refractivity contribution in [3.05, 3.63) is 23.9 Å². The standard InChI is InChI=1S/C18H30N4O2/c1-4-11-24-17-16(6-5-9-20-17)13-21-18(19-2)22(3)10-12-23-14-15-7-8-15/h5-6,9,15H,4,7-8,10-14H2,1-3H3,(H,19,21). The first kappa shape index (κ1) is 18.5. The van der Waals surface area contributed by atoms with E-state index in [0.717, 1.165) is 43.6 Å². The van der Waals surface area contributed by atoms with Gasteiger partial charge in [0.15, 0.2) is 5.96 Å². The summed E-state index contributed by atoms with van der Waals surface area (Å²) in [6, 6.07) is 3.95. The van der Waals surface area contributed by atoms with Crippen LogP contribution < -0.4 is 10.1 Å². The Morgan fingerprint density at radius 1 is 1.42 bits per heavy atom. The molecule has 0 spiro atoms. The van der Waals surface area contributed by atoms with E-state index in [1.807, 2.05) is 19.2 Å². The van der Waals surface area contributed by atoms with Gasteiger partial charge in [0.05, 0.1) is 13.2 Å². The summed E-state index contributed by atoms with van der Waals surface area (Å²) in [6.45, 7) is 5.84.